The highest BCUT2D eigenvalue weighted by atomic mass is 32.2. The second kappa shape index (κ2) is 5.53. The quantitative estimate of drug-likeness (QED) is 0.839. The Balaban J connectivity index is 2.16. The van der Waals surface area contributed by atoms with Crippen molar-refractivity contribution in [2.75, 3.05) is 0 Å². The summed E-state index contributed by atoms with van der Waals surface area (Å²) in [4.78, 5) is 0.426. The molecular formula is C14H17NO2S. The van der Waals surface area contributed by atoms with Crippen molar-refractivity contribution < 1.29 is 8.42 Å². The number of nitrogens with zero attached hydrogens (tertiary/aromatic N) is 1. The van der Waals surface area contributed by atoms with E-state index >= 15 is 0 Å². The third-order valence-corrected chi connectivity index (χ3v) is 5.80. The van der Waals surface area contributed by atoms with Gasteiger partial charge in [0.2, 0.25) is 0 Å². The minimum absolute atomic E-state index is 0.192. The van der Waals surface area contributed by atoms with Gasteiger partial charge in [0.25, 0.3) is 0 Å². The summed E-state index contributed by atoms with van der Waals surface area (Å²) in [5, 5.41) is 8.32. The van der Waals surface area contributed by atoms with Gasteiger partial charge < -0.3 is 0 Å². The molecule has 1 aromatic carbocycles. The maximum absolute atomic E-state index is 12.3. The van der Waals surface area contributed by atoms with Crippen LogP contribution in [0.4, 0.5) is 0 Å². The lowest BCUT2D eigenvalue weighted by Gasteiger charge is -2.11. The fraction of sp³-hybridized carbons (Fsp3) is 0.500. The molecule has 1 fully saturated rings. The van der Waals surface area contributed by atoms with Crippen molar-refractivity contribution in [2.24, 2.45) is 0 Å². The highest BCUT2D eigenvalue weighted by molar-refractivity contribution is 7.92. The van der Waals surface area contributed by atoms with Crippen molar-refractivity contribution in [1.82, 2.24) is 0 Å². The Morgan fingerprint density at radius 3 is 2.33 bits per heavy atom. The van der Waals surface area contributed by atoms with Crippen molar-refractivity contribution >= 4 is 9.84 Å². The lowest BCUT2D eigenvalue weighted by Crippen LogP contribution is -2.17. The molecule has 1 aliphatic rings. The molecular weight excluding hydrogens is 246 g/mol. The van der Waals surface area contributed by atoms with Gasteiger partial charge in [-0.05, 0) is 37.0 Å². The zero-order valence-electron chi connectivity index (χ0n) is 10.3. The number of aryl methyl sites for hydroxylation is 1. The maximum atomic E-state index is 12.3. The van der Waals surface area contributed by atoms with Crippen molar-refractivity contribution in [3.8, 4) is 6.07 Å². The largest absolute Gasteiger partial charge is 0.223 e. The van der Waals surface area contributed by atoms with E-state index in [0.29, 0.717) is 17.7 Å². The lowest BCUT2D eigenvalue weighted by atomic mass is 10.1. The number of hydrogen-bond donors (Lipinski definition) is 0. The summed E-state index contributed by atoms with van der Waals surface area (Å²) in [7, 11) is -3.14. The summed E-state index contributed by atoms with van der Waals surface area (Å²) < 4.78 is 24.6. The minimum atomic E-state index is -3.14. The molecule has 3 nitrogen and oxygen atoms in total. The highest BCUT2D eigenvalue weighted by Crippen LogP contribution is 2.29. The van der Waals surface area contributed by atoms with Crippen LogP contribution in [0.2, 0.25) is 0 Å². The summed E-state index contributed by atoms with van der Waals surface area (Å²) in [5.41, 5.74) is 1.02. The first-order valence-corrected chi connectivity index (χ1v) is 7.89. The Bertz CT molecular complexity index is 534. The van der Waals surface area contributed by atoms with E-state index in [2.05, 4.69) is 6.07 Å². The van der Waals surface area contributed by atoms with Crippen molar-refractivity contribution in [2.45, 2.75) is 48.7 Å². The third-order valence-electron chi connectivity index (χ3n) is 3.52. The van der Waals surface area contributed by atoms with Gasteiger partial charge >= 0.3 is 0 Å². The van der Waals surface area contributed by atoms with Crippen LogP contribution in [0.1, 0.15) is 37.7 Å². The molecule has 96 valence electrons. The first-order valence-electron chi connectivity index (χ1n) is 6.34. The molecule has 0 amide bonds. The number of benzene rings is 1. The number of rotatable bonds is 4. The summed E-state index contributed by atoms with van der Waals surface area (Å²) in [6.07, 6.45) is 4.76. The smallest absolute Gasteiger partial charge is 0.181 e. The van der Waals surface area contributed by atoms with Crippen LogP contribution in [0.5, 0.6) is 0 Å². The molecule has 18 heavy (non-hydrogen) atoms. The summed E-state index contributed by atoms with van der Waals surface area (Å²) in [5.74, 6) is 0. The Morgan fingerprint density at radius 1 is 1.17 bits per heavy atom. The molecule has 4 heteroatoms. The van der Waals surface area contributed by atoms with Crippen LogP contribution < -0.4 is 0 Å². The van der Waals surface area contributed by atoms with E-state index in [1.54, 1.807) is 12.1 Å². The Kier molecular flexibility index (Phi) is 4.03. The van der Waals surface area contributed by atoms with E-state index in [1.165, 1.54) is 0 Å². The minimum Gasteiger partial charge on any atom is -0.223 e. The lowest BCUT2D eigenvalue weighted by molar-refractivity contribution is 0.579. The molecule has 0 atom stereocenters. The van der Waals surface area contributed by atoms with Gasteiger partial charge in [0.1, 0.15) is 0 Å². The van der Waals surface area contributed by atoms with Gasteiger partial charge in [-0.25, -0.2) is 8.42 Å². The molecule has 0 aliphatic heterocycles. The monoisotopic (exact) mass is 263 g/mol. The fourth-order valence-corrected chi connectivity index (χ4v) is 4.29. The van der Waals surface area contributed by atoms with Crippen LogP contribution in [-0.4, -0.2) is 13.7 Å². The summed E-state index contributed by atoms with van der Waals surface area (Å²) in [6, 6.07) is 9.09. The fourth-order valence-electron chi connectivity index (χ4n) is 2.44. The van der Waals surface area contributed by atoms with Crippen molar-refractivity contribution in [3.05, 3.63) is 29.8 Å². The van der Waals surface area contributed by atoms with Crippen molar-refractivity contribution in [3.63, 3.8) is 0 Å². The highest BCUT2D eigenvalue weighted by Gasteiger charge is 2.29. The molecule has 0 saturated heterocycles. The summed E-state index contributed by atoms with van der Waals surface area (Å²) >= 11 is 0. The van der Waals surface area contributed by atoms with E-state index in [4.69, 9.17) is 5.26 Å². The standard InChI is InChI=1S/C14H17NO2S/c15-11-3-4-12-7-9-14(10-8-12)18(16,17)13-5-1-2-6-13/h7-10,13H,1-6H2. The zero-order chi connectivity index (χ0) is 13.0. The average Bonchev–Trinajstić information content (AvgIpc) is 2.91. The van der Waals surface area contributed by atoms with Gasteiger partial charge in [-0.2, -0.15) is 5.26 Å². The van der Waals surface area contributed by atoms with Crippen LogP contribution in [-0.2, 0) is 16.3 Å². The second-order valence-corrected chi connectivity index (χ2v) is 6.98. The Hall–Kier alpha value is -1.34. The van der Waals surface area contributed by atoms with Crippen LogP contribution >= 0.6 is 0 Å². The van der Waals surface area contributed by atoms with Gasteiger partial charge in [-0.15, -0.1) is 0 Å². The van der Waals surface area contributed by atoms with Gasteiger partial charge in [-0.3, -0.25) is 0 Å². The number of sulfone groups is 1. The molecule has 0 unspecified atom stereocenters. The zero-order valence-corrected chi connectivity index (χ0v) is 11.1. The van der Waals surface area contributed by atoms with Gasteiger partial charge in [0.15, 0.2) is 9.84 Å². The van der Waals surface area contributed by atoms with Gasteiger partial charge in [-0.1, -0.05) is 25.0 Å². The van der Waals surface area contributed by atoms with E-state index in [1.807, 2.05) is 12.1 Å². The average molecular weight is 263 g/mol. The molecule has 0 aromatic heterocycles. The van der Waals surface area contributed by atoms with Gasteiger partial charge in [0, 0.05) is 6.42 Å². The molecule has 0 spiro atoms. The number of hydrogen-bond acceptors (Lipinski definition) is 3. The molecule has 0 radical (unpaired) electrons. The van der Waals surface area contributed by atoms with Crippen LogP contribution in [0.15, 0.2) is 29.2 Å². The van der Waals surface area contributed by atoms with Crippen molar-refractivity contribution in [1.29, 1.82) is 5.26 Å². The van der Waals surface area contributed by atoms with Crippen LogP contribution in [0.25, 0.3) is 0 Å². The molecule has 1 saturated carbocycles. The van der Waals surface area contributed by atoms with E-state index in [0.717, 1.165) is 31.2 Å². The molecule has 1 aromatic rings. The second-order valence-electron chi connectivity index (χ2n) is 4.75. The van der Waals surface area contributed by atoms with Crippen LogP contribution in [0, 0.1) is 11.3 Å². The Morgan fingerprint density at radius 2 is 1.78 bits per heavy atom. The first kappa shape index (κ1) is 13.1. The predicted molar refractivity (Wildman–Crippen MR) is 69.8 cm³/mol. The normalized spacial score (nSPS) is 16.6. The molecule has 2 rings (SSSR count). The predicted octanol–water partition coefficient (Wildman–Crippen LogP) is 2.86. The number of nitriles is 1. The van der Waals surface area contributed by atoms with E-state index in [9.17, 15) is 8.42 Å². The SMILES string of the molecule is N#CCCc1ccc(S(=O)(=O)C2CCCC2)cc1. The molecule has 0 N–H and O–H groups in total. The topological polar surface area (TPSA) is 57.9 Å². The van der Waals surface area contributed by atoms with Gasteiger partial charge in [0.05, 0.1) is 16.2 Å². The third kappa shape index (κ3) is 2.73. The first-order chi connectivity index (χ1) is 8.64. The maximum Gasteiger partial charge on any atom is 0.181 e. The Labute approximate surface area is 108 Å². The summed E-state index contributed by atoms with van der Waals surface area (Å²) in [6.45, 7) is 0. The molecule has 0 bridgehead atoms. The van der Waals surface area contributed by atoms with E-state index in [-0.39, 0.29) is 5.25 Å². The van der Waals surface area contributed by atoms with Crippen LogP contribution in [0.3, 0.4) is 0 Å². The molecule has 0 heterocycles. The van der Waals surface area contributed by atoms with E-state index < -0.39 is 9.84 Å². The molecule has 1 aliphatic carbocycles.